The summed E-state index contributed by atoms with van der Waals surface area (Å²) < 4.78 is 9.67. The number of hydrogen-bond donors (Lipinski definition) is 0. The van der Waals surface area contributed by atoms with Crippen LogP contribution in [-0.2, 0) is 9.47 Å². The molecular formula is C9H26O2. The van der Waals surface area contributed by atoms with Crippen LogP contribution >= 0.6 is 0 Å². The van der Waals surface area contributed by atoms with Gasteiger partial charge in [0.1, 0.15) is 0 Å². The molecule has 0 saturated carbocycles. The molecule has 0 aromatic rings. The summed E-state index contributed by atoms with van der Waals surface area (Å²) in [6.45, 7) is 1.70. The molecule has 0 spiro atoms. The van der Waals surface area contributed by atoms with Crippen molar-refractivity contribution in [1.29, 1.82) is 0 Å². The molecule has 2 nitrogen and oxygen atoms in total. The van der Waals surface area contributed by atoms with E-state index in [2.05, 4.69) is 0 Å². The standard InChI is InChI=1S/C6H14O2.3CH4/c1-7-5-3-4-6-8-2;;;/h3-6H2,1-2H3;3*1H4. The molecule has 0 fully saturated rings. The fourth-order valence-corrected chi connectivity index (χ4v) is 0.493. The smallest absolute Gasteiger partial charge is 0.0463 e. The largest absolute Gasteiger partial charge is 0.385 e. The first-order chi connectivity index (χ1) is 3.91. The molecule has 0 saturated heterocycles. The van der Waals surface area contributed by atoms with Crippen LogP contribution in [0.4, 0.5) is 0 Å². The average molecular weight is 166 g/mol. The summed E-state index contributed by atoms with van der Waals surface area (Å²) in [5.74, 6) is 0. The van der Waals surface area contributed by atoms with Gasteiger partial charge < -0.3 is 9.47 Å². The van der Waals surface area contributed by atoms with Crippen molar-refractivity contribution >= 4 is 0 Å². The Balaban J connectivity index is -0.0000000817. The molecule has 0 aromatic heterocycles. The minimum absolute atomic E-state index is 0. The molecule has 2 heteroatoms. The molecule has 0 N–H and O–H groups in total. The Hall–Kier alpha value is -0.0800. The lowest BCUT2D eigenvalue weighted by Gasteiger charge is -1.96. The van der Waals surface area contributed by atoms with E-state index in [0.29, 0.717) is 0 Å². The quantitative estimate of drug-likeness (QED) is 0.585. The molecule has 0 atom stereocenters. The second-order valence-electron chi connectivity index (χ2n) is 1.69. The number of unbranched alkanes of at least 4 members (excludes halogenated alkanes) is 1. The van der Waals surface area contributed by atoms with Crippen molar-refractivity contribution in [3.63, 3.8) is 0 Å². The summed E-state index contributed by atoms with van der Waals surface area (Å²) >= 11 is 0. The molecule has 0 unspecified atom stereocenters. The van der Waals surface area contributed by atoms with E-state index in [9.17, 15) is 0 Å². The highest BCUT2D eigenvalue weighted by Crippen LogP contribution is 1.87. The van der Waals surface area contributed by atoms with Gasteiger partial charge in [-0.1, -0.05) is 22.3 Å². The summed E-state index contributed by atoms with van der Waals surface area (Å²) in [7, 11) is 3.43. The van der Waals surface area contributed by atoms with E-state index in [-0.39, 0.29) is 22.3 Å². The first-order valence-corrected chi connectivity index (χ1v) is 2.89. The molecule has 0 heterocycles. The second kappa shape index (κ2) is 22.5. The van der Waals surface area contributed by atoms with Crippen LogP contribution in [0.5, 0.6) is 0 Å². The van der Waals surface area contributed by atoms with Crippen LogP contribution < -0.4 is 0 Å². The molecule has 0 amide bonds. The Morgan fingerprint density at radius 3 is 1.18 bits per heavy atom. The lowest BCUT2D eigenvalue weighted by atomic mass is 10.3. The highest BCUT2D eigenvalue weighted by atomic mass is 16.5. The maximum Gasteiger partial charge on any atom is 0.0463 e. The lowest BCUT2D eigenvalue weighted by molar-refractivity contribution is 0.159. The Kier molecular flexibility index (Phi) is 45.9. The molecule has 0 rings (SSSR count). The second-order valence-corrected chi connectivity index (χ2v) is 1.69. The first kappa shape index (κ1) is 22.4. The van der Waals surface area contributed by atoms with Crippen molar-refractivity contribution < 1.29 is 9.47 Å². The van der Waals surface area contributed by atoms with E-state index in [1.807, 2.05) is 0 Å². The third-order valence-corrected chi connectivity index (χ3v) is 0.947. The van der Waals surface area contributed by atoms with Gasteiger partial charge in [-0.3, -0.25) is 0 Å². The van der Waals surface area contributed by atoms with Crippen molar-refractivity contribution in [3.05, 3.63) is 0 Å². The zero-order chi connectivity index (χ0) is 6.24. The van der Waals surface area contributed by atoms with Crippen LogP contribution in [-0.4, -0.2) is 27.4 Å². The number of rotatable bonds is 5. The van der Waals surface area contributed by atoms with Gasteiger partial charge in [0, 0.05) is 27.4 Å². The third-order valence-electron chi connectivity index (χ3n) is 0.947. The molecule has 11 heavy (non-hydrogen) atoms. The minimum Gasteiger partial charge on any atom is -0.385 e. The molecule has 0 aliphatic rings. The zero-order valence-electron chi connectivity index (χ0n) is 5.64. The summed E-state index contributed by atoms with van der Waals surface area (Å²) in [6.07, 6.45) is 2.20. The predicted octanol–water partition coefficient (Wildman–Crippen LogP) is 2.97. The van der Waals surface area contributed by atoms with E-state index in [1.54, 1.807) is 14.2 Å². The van der Waals surface area contributed by atoms with Crippen molar-refractivity contribution in [1.82, 2.24) is 0 Å². The average Bonchev–Trinajstić information content (AvgIpc) is 1.81. The van der Waals surface area contributed by atoms with Crippen LogP contribution in [0.2, 0.25) is 0 Å². The SMILES string of the molecule is C.C.C.COCCCCOC. The van der Waals surface area contributed by atoms with E-state index in [1.165, 1.54) is 0 Å². The normalized spacial score (nSPS) is 7.09. The maximum atomic E-state index is 4.83. The number of hydrogen-bond acceptors (Lipinski definition) is 2. The van der Waals surface area contributed by atoms with E-state index < -0.39 is 0 Å². The minimum atomic E-state index is 0. The zero-order valence-corrected chi connectivity index (χ0v) is 5.64. The topological polar surface area (TPSA) is 18.5 Å². The molecular weight excluding hydrogens is 140 g/mol. The summed E-state index contributed by atoms with van der Waals surface area (Å²) in [4.78, 5) is 0. The van der Waals surface area contributed by atoms with Crippen molar-refractivity contribution in [2.75, 3.05) is 27.4 Å². The Morgan fingerprint density at radius 2 is 1.00 bits per heavy atom. The van der Waals surface area contributed by atoms with Crippen molar-refractivity contribution in [2.24, 2.45) is 0 Å². The predicted molar refractivity (Wildman–Crippen MR) is 53.2 cm³/mol. The van der Waals surface area contributed by atoms with Gasteiger partial charge in [0.25, 0.3) is 0 Å². The highest BCUT2D eigenvalue weighted by molar-refractivity contribution is 4.34. The maximum absolute atomic E-state index is 4.83. The van der Waals surface area contributed by atoms with Crippen LogP contribution in [0.3, 0.4) is 0 Å². The summed E-state index contributed by atoms with van der Waals surface area (Å²) in [5.41, 5.74) is 0. The highest BCUT2D eigenvalue weighted by Gasteiger charge is 1.83. The molecule has 0 radical (unpaired) electrons. The van der Waals surface area contributed by atoms with Gasteiger partial charge in [-0.25, -0.2) is 0 Å². The fourth-order valence-electron chi connectivity index (χ4n) is 0.493. The van der Waals surface area contributed by atoms with Gasteiger partial charge in [-0.2, -0.15) is 0 Å². The fraction of sp³-hybridized carbons (Fsp3) is 1.00. The van der Waals surface area contributed by atoms with Crippen LogP contribution in [0, 0.1) is 0 Å². The Morgan fingerprint density at radius 1 is 0.727 bits per heavy atom. The molecule has 74 valence electrons. The molecule has 0 aliphatic heterocycles. The van der Waals surface area contributed by atoms with Crippen molar-refractivity contribution in [3.8, 4) is 0 Å². The molecule has 0 aromatic carbocycles. The van der Waals surface area contributed by atoms with Gasteiger partial charge in [-0.15, -0.1) is 0 Å². The lowest BCUT2D eigenvalue weighted by Crippen LogP contribution is -1.92. The van der Waals surface area contributed by atoms with Crippen molar-refractivity contribution in [2.45, 2.75) is 35.1 Å². The van der Waals surface area contributed by atoms with Gasteiger partial charge in [0.05, 0.1) is 0 Å². The molecule has 0 bridgehead atoms. The summed E-state index contributed by atoms with van der Waals surface area (Å²) in [5, 5.41) is 0. The first-order valence-electron chi connectivity index (χ1n) is 2.89. The van der Waals surface area contributed by atoms with Gasteiger partial charge in [0.15, 0.2) is 0 Å². The Bertz CT molecular complexity index is 32.5. The van der Waals surface area contributed by atoms with E-state index >= 15 is 0 Å². The van der Waals surface area contributed by atoms with Gasteiger partial charge in [0.2, 0.25) is 0 Å². The van der Waals surface area contributed by atoms with E-state index in [0.717, 1.165) is 26.1 Å². The summed E-state index contributed by atoms with van der Waals surface area (Å²) in [6, 6.07) is 0. The number of methoxy groups -OCH3 is 2. The van der Waals surface area contributed by atoms with Gasteiger partial charge in [-0.05, 0) is 12.8 Å². The Labute approximate surface area is 72.9 Å². The van der Waals surface area contributed by atoms with Crippen LogP contribution in [0.25, 0.3) is 0 Å². The third kappa shape index (κ3) is 25.7. The monoisotopic (exact) mass is 166 g/mol. The van der Waals surface area contributed by atoms with Gasteiger partial charge >= 0.3 is 0 Å². The number of ether oxygens (including phenoxy) is 2. The van der Waals surface area contributed by atoms with E-state index in [4.69, 9.17) is 9.47 Å². The van der Waals surface area contributed by atoms with Crippen LogP contribution in [0.1, 0.15) is 35.1 Å². The molecule has 0 aliphatic carbocycles. The van der Waals surface area contributed by atoms with Crippen LogP contribution in [0.15, 0.2) is 0 Å².